The number of nitrogens with one attached hydrogen (secondary N) is 1. The van der Waals surface area contributed by atoms with E-state index in [4.69, 9.17) is 10.5 Å². The maximum atomic E-state index is 12.4. The Bertz CT molecular complexity index is 656. The van der Waals surface area contributed by atoms with Gasteiger partial charge in [0, 0.05) is 26.0 Å². The number of nitrogens with zero attached hydrogens (tertiary/aromatic N) is 2. The zero-order valence-electron chi connectivity index (χ0n) is 12.3. The molecule has 0 unspecified atom stereocenters. The van der Waals surface area contributed by atoms with E-state index in [0.717, 1.165) is 5.69 Å². The molecule has 0 aliphatic rings. The summed E-state index contributed by atoms with van der Waals surface area (Å²) in [5.41, 5.74) is 8.09. The molecule has 0 saturated carbocycles. The highest BCUT2D eigenvalue weighted by atomic mass is 16.5. The van der Waals surface area contributed by atoms with E-state index in [-0.39, 0.29) is 5.91 Å². The number of benzene rings is 1. The summed E-state index contributed by atoms with van der Waals surface area (Å²) in [4.78, 5) is 18.3. The van der Waals surface area contributed by atoms with Crippen LogP contribution in [0.25, 0.3) is 0 Å². The smallest absolute Gasteiger partial charge is 0.257 e. The van der Waals surface area contributed by atoms with Crippen LogP contribution in [0, 0.1) is 0 Å². The maximum absolute atomic E-state index is 12.4. The van der Waals surface area contributed by atoms with Crippen LogP contribution in [-0.4, -0.2) is 32.1 Å². The van der Waals surface area contributed by atoms with Gasteiger partial charge in [0.15, 0.2) is 0 Å². The number of pyridine rings is 1. The van der Waals surface area contributed by atoms with E-state index in [1.54, 1.807) is 37.7 Å². The van der Waals surface area contributed by atoms with Crippen LogP contribution in [0.2, 0.25) is 0 Å². The van der Waals surface area contributed by atoms with Gasteiger partial charge in [-0.15, -0.1) is 0 Å². The van der Waals surface area contributed by atoms with Crippen molar-refractivity contribution in [3.05, 3.63) is 42.2 Å². The molecule has 1 aromatic carbocycles. The number of hydrogen-bond donors (Lipinski definition) is 2. The lowest BCUT2D eigenvalue weighted by Crippen LogP contribution is -2.18. The number of carbonyl (C=O) groups is 1. The predicted molar refractivity (Wildman–Crippen MR) is 83.9 cm³/mol. The summed E-state index contributed by atoms with van der Waals surface area (Å²) in [7, 11) is 5.33. The lowest BCUT2D eigenvalue weighted by atomic mass is 10.1. The third kappa shape index (κ3) is 3.22. The van der Waals surface area contributed by atoms with Gasteiger partial charge in [-0.05, 0) is 24.3 Å². The Labute approximate surface area is 123 Å². The second-order valence-electron chi connectivity index (χ2n) is 4.69. The molecule has 0 aliphatic carbocycles. The first kappa shape index (κ1) is 14.6. The van der Waals surface area contributed by atoms with Crippen molar-refractivity contribution in [2.24, 2.45) is 0 Å². The molecule has 1 amide bonds. The van der Waals surface area contributed by atoms with Crippen LogP contribution in [-0.2, 0) is 0 Å². The summed E-state index contributed by atoms with van der Waals surface area (Å²) in [5, 5.41) is 2.82. The van der Waals surface area contributed by atoms with Gasteiger partial charge in [0.25, 0.3) is 5.91 Å². The molecule has 0 atom stereocenters. The number of nitrogens with two attached hydrogens (primary N) is 1. The Morgan fingerprint density at radius 1 is 1.33 bits per heavy atom. The molecule has 3 N–H and O–H groups in total. The zero-order valence-corrected chi connectivity index (χ0v) is 12.3. The molecule has 1 aromatic heterocycles. The van der Waals surface area contributed by atoms with Gasteiger partial charge in [-0.25, -0.2) is 0 Å². The second kappa shape index (κ2) is 6.13. The van der Waals surface area contributed by atoms with E-state index in [9.17, 15) is 4.79 Å². The zero-order chi connectivity index (χ0) is 15.4. The molecule has 110 valence electrons. The number of hydrogen-bond acceptors (Lipinski definition) is 5. The molecule has 0 bridgehead atoms. The number of aromatic nitrogens is 1. The largest absolute Gasteiger partial charge is 0.497 e. The minimum atomic E-state index is -0.303. The number of rotatable bonds is 4. The number of anilines is 3. The van der Waals surface area contributed by atoms with Gasteiger partial charge in [-0.1, -0.05) is 0 Å². The fourth-order valence-corrected chi connectivity index (χ4v) is 1.92. The monoisotopic (exact) mass is 286 g/mol. The standard InChI is InChI=1S/C15H18N4O2/c1-19(2)14-6-7-17-9-13(14)18-15(20)11-8-10(21-3)4-5-12(11)16/h4-9H,16H2,1-3H3,(H,18,20). The van der Waals surface area contributed by atoms with Crippen molar-refractivity contribution in [3.8, 4) is 5.75 Å². The highest BCUT2D eigenvalue weighted by Gasteiger charge is 2.14. The van der Waals surface area contributed by atoms with Crippen molar-refractivity contribution in [2.75, 3.05) is 37.2 Å². The van der Waals surface area contributed by atoms with Crippen molar-refractivity contribution >= 4 is 23.0 Å². The van der Waals surface area contributed by atoms with Gasteiger partial charge in [0.05, 0.1) is 30.2 Å². The van der Waals surface area contributed by atoms with Crippen molar-refractivity contribution < 1.29 is 9.53 Å². The van der Waals surface area contributed by atoms with Crippen LogP contribution in [0.15, 0.2) is 36.7 Å². The molecule has 0 aliphatic heterocycles. The van der Waals surface area contributed by atoms with Crippen molar-refractivity contribution in [1.82, 2.24) is 4.98 Å². The quantitative estimate of drug-likeness (QED) is 0.840. The fraction of sp³-hybridized carbons (Fsp3) is 0.200. The molecule has 0 saturated heterocycles. The first-order chi connectivity index (χ1) is 10.0. The van der Waals surface area contributed by atoms with Gasteiger partial charge in [0.2, 0.25) is 0 Å². The third-order valence-corrected chi connectivity index (χ3v) is 3.03. The molecule has 1 heterocycles. The molecule has 0 spiro atoms. The SMILES string of the molecule is COc1ccc(N)c(C(=O)Nc2cnccc2N(C)C)c1. The van der Waals surface area contributed by atoms with Crippen LogP contribution in [0.1, 0.15) is 10.4 Å². The van der Waals surface area contributed by atoms with Crippen LogP contribution in [0.5, 0.6) is 5.75 Å². The lowest BCUT2D eigenvalue weighted by molar-refractivity contribution is 0.102. The Morgan fingerprint density at radius 2 is 2.10 bits per heavy atom. The summed E-state index contributed by atoms with van der Waals surface area (Å²) in [5.74, 6) is 0.274. The van der Waals surface area contributed by atoms with Crippen LogP contribution >= 0.6 is 0 Å². The first-order valence-corrected chi connectivity index (χ1v) is 6.39. The third-order valence-electron chi connectivity index (χ3n) is 3.03. The Morgan fingerprint density at radius 3 is 2.76 bits per heavy atom. The average molecular weight is 286 g/mol. The molecule has 6 heteroatoms. The summed E-state index contributed by atoms with van der Waals surface area (Å²) < 4.78 is 5.12. The second-order valence-corrected chi connectivity index (χ2v) is 4.69. The molecular weight excluding hydrogens is 268 g/mol. The van der Waals surface area contributed by atoms with Crippen LogP contribution in [0.4, 0.5) is 17.1 Å². The number of nitrogen functional groups attached to an aromatic ring is 1. The summed E-state index contributed by atoms with van der Waals surface area (Å²) in [6, 6.07) is 6.78. The molecule has 0 radical (unpaired) electrons. The lowest BCUT2D eigenvalue weighted by Gasteiger charge is -2.17. The van der Waals surface area contributed by atoms with E-state index < -0.39 is 0 Å². The van der Waals surface area contributed by atoms with E-state index in [1.165, 1.54) is 0 Å². The number of carbonyl (C=O) groups excluding carboxylic acids is 1. The predicted octanol–water partition coefficient (Wildman–Crippen LogP) is 1.99. The summed E-state index contributed by atoms with van der Waals surface area (Å²) >= 11 is 0. The van der Waals surface area contributed by atoms with Crippen LogP contribution < -0.4 is 20.7 Å². The topological polar surface area (TPSA) is 80.5 Å². The average Bonchev–Trinajstić information content (AvgIpc) is 2.48. The van der Waals surface area contributed by atoms with Crippen molar-refractivity contribution in [3.63, 3.8) is 0 Å². The number of methoxy groups -OCH3 is 1. The van der Waals surface area contributed by atoms with Gasteiger partial charge in [0.1, 0.15) is 5.75 Å². The fourth-order valence-electron chi connectivity index (χ4n) is 1.92. The van der Waals surface area contributed by atoms with Gasteiger partial charge < -0.3 is 20.7 Å². The molecule has 6 nitrogen and oxygen atoms in total. The van der Waals surface area contributed by atoms with E-state index >= 15 is 0 Å². The Balaban J connectivity index is 2.30. The first-order valence-electron chi connectivity index (χ1n) is 6.39. The van der Waals surface area contributed by atoms with E-state index in [0.29, 0.717) is 22.7 Å². The van der Waals surface area contributed by atoms with E-state index in [2.05, 4.69) is 10.3 Å². The molecule has 21 heavy (non-hydrogen) atoms. The highest BCUT2D eigenvalue weighted by Crippen LogP contribution is 2.25. The summed E-state index contributed by atoms with van der Waals surface area (Å²) in [6.45, 7) is 0. The summed E-state index contributed by atoms with van der Waals surface area (Å²) in [6.07, 6.45) is 3.27. The van der Waals surface area contributed by atoms with Crippen LogP contribution in [0.3, 0.4) is 0 Å². The minimum Gasteiger partial charge on any atom is -0.497 e. The van der Waals surface area contributed by atoms with Gasteiger partial charge in [-0.3, -0.25) is 9.78 Å². The Hall–Kier alpha value is -2.76. The van der Waals surface area contributed by atoms with E-state index in [1.807, 2.05) is 25.1 Å². The van der Waals surface area contributed by atoms with Gasteiger partial charge in [-0.2, -0.15) is 0 Å². The number of amides is 1. The Kier molecular flexibility index (Phi) is 4.27. The van der Waals surface area contributed by atoms with Crippen molar-refractivity contribution in [1.29, 1.82) is 0 Å². The van der Waals surface area contributed by atoms with Gasteiger partial charge >= 0.3 is 0 Å². The maximum Gasteiger partial charge on any atom is 0.257 e. The van der Waals surface area contributed by atoms with Crippen molar-refractivity contribution in [2.45, 2.75) is 0 Å². The number of ether oxygens (including phenoxy) is 1. The normalized spacial score (nSPS) is 10.0. The molecule has 2 aromatic rings. The molecule has 2 rings (SSSR count). The molecular formula is C15H18N4O2. The molecule has 0 fully saturated rings. The highest BCUT2D eigenvalue weighted by molar-refractivity contribution is 6.09. The minimum absolute atomic E-state index is 0.303.